The first-order valence-corrected chi connectivity index (χ1v) is 11.4. The highest BCUT2D eigenvalue weighted by Gasteiger charge is 2.52. The van der Waals surface area contributed by atoms with Crippen molar-refractivity contribution in [2.24, 2.45) is 5.92 Å². The quantitative estimate of drug-likeness (QED) is 0.629. The van der Waals surface area contributed by atoms with Crippen LogP contribution in [0.5, 0.6) is 0 Å². The first kappa shape index (κ1) is 21.8. The highest BCUT2D eigenvalue weighted by Crippen LogP contribution is 2.49. The molecule has 164 valence electrons. The first-order chi connectivity index (χ1) is 15.0. The van der Waals surface area contributed by atoms with E-state index in [2.05, 4.69) is 10.2 Å². The van der Waals surface area contributed by atoms with Gasteiger partial charge in [-0.3, -0.25) is 14.5 Å². The minimum atomic E-state index is -0.482. The number of nitrogens with one attached hydrogen (secondary N) is 1. The SMILES string of the molecule is CCOC(=O)C1(c2ccc(NC(=O)C3CCCN(Cc4ccc(Cl)cc4)C3)cc2)CC1. The zero-order chi connectivity index (χ0) is 21.8. The Hall–Kier alpha value is -2.37. The maximum atomic E-state index is 12.9. The summed E-state index contributed by atoms with van der Waals surface area (Å²) in [5, 5.41) is 3.79. The Kier molecular flexibility index (Phi) is 6.63. The van der Waals surface area contributed by atoms with Crippen LogP contribution in [0.3, 0.4) is 0 Å². The molecule has 1 amide bonds. The molecule has 0 radical (unpaired) electrons. The van der Waals surface area contributed by atoms with Gasteiger partial charge in [-0.2, -0.15) is 0 Å². The summed E-state index contributed by atoms with van der Waals surface area (Å²) in [4.78, 5) is 27.5. The number of nitrogens with zero attached hydrogens (tertiary/aromatic N) is 1. The number of benzene rings is 2. The normalized spacial score (nSPS) is 20.1. The van der Waals surface area contributed by atoms with E-state index in [1.54, 1.807) is 0 Å². The van der Waals surface area contributed by atoms with Crippen molar-refractivity contribution in [3.63, 3.8) is 0 Å². The predicted molar refractivity (Wildman–Crippen MR) is 122 cm³/mol. The Labute approximate surface area is 188 Å². The standard InChI is InChI=1S/C25H29ClN2O3/c1-2-31-24(30)25(13-14-25)20-7-11-22(12-8-20)27-23(29)19-4-3-15-28(17-19)16-18-5-9-21(26)10-6-18/h5-12,19H,2-4,13-17H2,1H3,(H,27,29). The molecule has 4 rings (SSSR count). The van der Waals surface area contributed by atoms with Crippen LogP contribution in [0, 0.1) is 5.92 Å². The molecule has 0 spiro atoms. The Morgan fingerprint density at radius 2 is 1.84 bits per heavy atom. The van der Waals surface area contributed by atoms with Gasteiger partial charge in [-0.15, -0.1) is 0 Å². The predicted octanol–water partition coefficient (Wildman–Crippen LogP) is 4.79. The largest absolute Gasteiger partial charge is 0.465 e. The molecule has 1 N–H and O–H groups in total. The average Bonchev–Trinajstić information content (AvgIpc) is 3.58. The van der Waals surface area contributed by atoms with Crippen molar-refractivity contribution in [1.29, 1.82) is 0 Å². The van der Waals surface area contributed by atoms with E-state index in [-0.39, 0.29) is 17.8 Å². The van der Waals surface area contributed by atoms with Crippen molar-refractivity contribution < 1.29 is 14.3 Å². The van der Waals surface area contributed by atoms with E-state index >= 15 is 0 Å². The number of rotatable bonds is 7. The van der Waals surface area contributed by atoms with E-state index in [1.807, 2.05) is 55.5 Å². The molecule has 31 heavy (non-hydrogen) atoms. The molecule has 1 unspecified atom stereocenters. The van der Waals surface area contributed by atoms with Gasteiger partial charge in [-0.05, 0) is 74.5 Å². The zero-order valence-electron chi connectivity index (χ0n) is 17.9. The highest BCUT2D eigenvalue weighted by atomic mass is 35.5. The van der Waals surface area contributed by atoms with Crippen molar-refractivity contribution >= 4 is 29.2 Å². The zero-order valence-corrected chi connectivity index (χ0v) is 18.7. The number of ether oxygens (including phenoxy) is 1. The molecule has 1 saturated heterocycles. The van der Waals surface area contributed by atoms with E-state index in [0.29, 0.717) is 6.61 Å². The van der Waals surface area contributed by atoms with Crippen LogP contribution in [0.1, 0.15) is 43.7 Å². The summed E-state index contributed by atoms with van der Waals surface area (Å²) in [5.74, 6) is -0.120. The number of likely N-dealkylation sites (tertiary alicyclic amines) is 1. The maximum Gasteiger partial charge on any atom is 0.316 e. The average molecular weight is 441 g/mol. The molecule has 1 aliphatic heterocycles. The van der Waals surface area contributed by atoms with E-state index in [0.717, 1.165) is 61.6 Å². The van der Waals surface area contributed by atoms with Gasteiger partial charge in [-0.25, -0.2) is 0 Å². The Morgan fingerprint density at radius 3 is 2.48 bits per heavy atom. The molecule has 5 nitrogen and oxygen atoms in total. The molecule has 1 heterocycles. The number of anilines is 1. The summed E-state index contributed by atoms with van der Waals surface area (Å²) < 4.78 is 5.24. The van der Waals surface area contributed by atoms with Gasteiger partial charge in [0.25, 0.3) is 0 Å². The summed E-state index contributed by atoms with van der Waals surface area (Å²) in [6.45, 7) is 4.79. The van der Waals surface area contributed by atoms with Crippen LogP contribution < -0.4 is 5.32 Å². The second kappa shape index (κ2) is 9.41. The van der Waals surface area contributed by atoms with Crippen LogP contribution >= 0.6 is 11.6 Å². The lowest BCUT2D eigenvalue weighted by atomic mass is 9.95. The van der Waals surface area contributed by atoms with E-state index in [4.69, 9.17) is 16.3 Å². The van der Waals surface area contributed by atoms with Crippen LogP contribution in [0.15, 0.2) is 48.5 Å². The Morgan fingerprint density at radius 1 is 1.13 bits per heavy atom. The number of esters is 1. The molecule has 6 heteroatoms. The molecule has 2 aliphatic rings. The lowest BCUT2D eigenvalue weighted by Crippen LogP contribution is -2.40. The molecule has 0 aromatic heterocycles. The number of piperidine rings is 1. The molecule has 1 atom stereocenters. The summed E-state index contributed by atoms with van der Waals surface area (Å²) in [6, 6.07) is 15.5. The molecular formula is C25H29ClN2O3. The molecule has 2 fully saturated rings. The van der Waals surface area contributed by atoms with E-state index < -0.39 is 5.41 Å². The van der Waals surface area contributed by atoms with E-state index in [9.17, 15) is 9.59 Å². The van der Waals surface area contributed by atoms with Crippen molar-refractivity contribution in [3.05, 3.63) is 64.7 Å². The molecule has 1 saturated carbocycles. The summed E-state index contributed by atoms with van der Waals surface area (Å²) >= 11 is 5.97. The summed E-state index contributed by atoms with van der Waals surface area (Å²) in [6.07, 6.45) is 3.55. The van der Waals surface area contributed by atoms with Gasteiger partial charge in [0.1, 0.15) is 0 Å². The van der Waals surface area contributed by atoms with Crippen LogP contribution in [-0.4, -0.2) is 36.5 Å². The Bertz CT molecular complexity index is 923. The van der Waals surface area contributed by atoms with Crippen LogP contribution in [0.2, 0.25) is 5.02 Å². The van der Waals surface area contributed by atoms with Gasteiger partial charge in [0.2, 0.25) is 5.91 Å². The second-order valence-corrected chi connectivity index (χ2v) is 9.01. The maximum absolute atomic E-state index is 12.9. The molecule has 2 aromatic rings. The fourth-order valence-electron chi connectivity index (χ4n) is 4.38. The third-order valence-electron chi connectivity index (χ3n) is 6.32. The summed E-state index contributed by atoms with van der Waals surface area (Å²) in [7, 11) is 0. The fraction of sp³-hybridized carbons (Fsp3) is 0.440. The number of carbonyl (C=O) groups is 2. The van der Waals surface area contributed by atoms with Gasteiger partial charge < -0.3 is 10.1 Å². The van der Waals surface area contributed by atoms with Crippen molar-refractivity contribution in [2.45, 2.75) is 44.6 Å². The van der Waals surface area contributed by atoms with Crippen molar-refractivity contribution in [3.8, 4) is 0 Å². The van der Waals surface area contributed by atoms with Gasteiger partial charge in [0.15, 0.2) is 0 Å². The van der Waals surface area contributed by atoms with Gasteiger partial charge in [0, 0.05) is 23.8 Å². The van der Waals surface area contributed by atoms with Gasteiger partial charge in [0.05, 0.1) is 17.9 Å². The highest BCUT2D eigenvalue weighted by molar-refractivity contribution is 6.30. The smallest absolute Gasteiger partial charge is 0.316 e. The minimum absolute atomic E-state index is 0.0324. The van der Waals surface area contributed by atoms with Crippen molar-refractivity contribution in [1.82, 2.24) is 4.90 Å². The molecule has 0 bridgehead atoms. The third-order valence-corrected chi connectivity index (χ3v) is 6.57. The lowest BCUT2D eigenvalue weighted by molar-refractivity contribution is -0.146. The molecular weight excluding hydrogens is 412 g/mol. The fourth-order valence-corrected chi connectivity index (χ4v) is 4.51. The number of hydrogen-bond acceptors (Lipinski definition) is 4. The van der Waals surface area contributed by atoms with Crippen LogP contribution in [0.25, 0.3) is 0 Å². The van der Waals surface area contributed by atoms with Crippen LogP contribution in [-0.2, 0) is 26.3 Å². The lowest BCUT2D eigenvalue weighted by Gasteiger charge is -2.32. The third kappa shape index (κ3) is 5.10. The number of amides is 1. The second-order valence-electron chi connectivity index (χ2n) is 8.57. The Balaban J connectivity index is 1.33. The van der Waals surface area contributed by atoms with Crippen molar-refractivity contribution in [2.75, 3.05) is 25.0 Å². The number of halogens is 1. The first-order valence-electron chi connectivity index (χ1n) is 11.1. The topological polar surface area (TPSA) is 58.6 Å². The van der Waals surface area contributed by atoms with Crippen LogP contribution in [0.4, 0.5) is 5.69 Å². The number of hydrogen-bond donors (Lipinski definition) is 1. The summed E-state index contributed by atoms with van der Waals surface area (Å²) in [5.41, 5.74) is 2.46. The van der Waals surface area contributed by atoms with Gasteiger partial charge >= 0.3 is 5.97 Å². The molecule has 2 aromatic carbocycles. The van der Waals surface area contributed by atoms with E-state index in [1.165, 1.54) is 5.56 Å². The molecule has 1 aliphatic carbocycles. The minimum Gasteiger partial charge on any atom is -0.465 e. The van der Waals surface area contributed by atoms with Gasteiger partial charge in [-0.1, -0.05) is 35.9 Å². The number of carbonyl (C=O) groups excluding carboxylic acids is 2. The monoisotopic (exact) mass is 440 g/mol.